The minimum absolute atomic E-state index is 0.384. The van der Waals surface area contributed by atoms with Crippen molar-refractivity contribution in [1.82, 2.24) is 5.32 Å². The second-order valence-electron chi connectivity index (χ2n) is 3.96. The van der Waals surface area contributed by atoms with Gasteiger partial charge in [0.15, 0.2) is 6.29 Å². The van der Waals surface area contributed by atoms with Crippen LogP contribution in [0.3, 0.4) is 0 Å². The number of hydrogen-bond donors (Lipinski definition) is 2. The number of primary amides is 1. The normalized spacial score (nSPS) is 12.6. The van der Waals surface area contributed by atoms with Gasteiger partial charge in [0, 0.05) is 27.2 Å². The highest BCUT2D eigenvalue weighted by molar-refractivity contribution is 5.79. The van der Waals surface area contributed by atoms with Crippen molar-refractivity contribution >= 4 is 5.91 Å². The van der Waals surface area contributed by atoms with Crippen LogP contribution in [0.5, 0.6) is 0 Å². The number of carbonyl (C=O) groups is 1. The third kappa shape index (κ3) is 4.83. The van der Waals surface area contributed by atoms with Crippen molar-refractivity contribution in [3.8, 4) is 0 Å². The quantitative estimate of drug-likeness (QED) is 0.666. The minimum Gasteiger partial charge on any atom is -0.368 e. The van der Waals surface area contributed by atoms with Crippen LogP contribution < -0.4 is 11.1 Å². The number of ether oxygens (including phenoxy) is 2. The van der Waals surface area contributed by atoms with Crippen molar-refractivity contribution in [3.63, 3.8) is 0 Å². The summed E-state index contributed by atoms with van der Waals surface area (Å²) in [6.45, 7) is 0.578. The van der Waals surface area contributed by atoms with Crippen molar-refractivity contribution in [3.05, 3.63) is 35.9 Å². The number of rotatable bonds is 8. The van der Waals surface area contributed by atoms with E-state index in [1.807, 2.05) is 30.3 Å². The van der Waals surface area contributed by atoms with Crippen LogP contribution >= 0.6 is 0 Å². The van der Waals surface area contributed by atoms with Crippen LogP contribution in [0.15, 0.2) is 30.3 Å². The molecule has 0 aliphatic carbocycles. The van der Waals surface area contributed by atoms with Gasteiger partial charge in [-0.2, -0.15) is 0 Å². The van der Waals surface area contributed by atoms with E-state index in [0.29, 0.717) is 13.0 Å². The highest BCUT2D eigenvalue weighted by Gasteiger charge is 2.20. The maximum absolute atomic E-state index is 11.3. The molecule has 0 fully saturated rings. The molecule has 5 nitrogen and oxygen atoms in total. The highest BCUT2D eigenvalue weighted by Crippen LogP contribution is 2.05. The van der Waals surface area contributed by atoms with Gasteiger partial charge >= 0.3 is 0 Å². The highest BCUT2D eigenvalue weighted by atomic mass is 16.7. The molecule has 0 heterocycles. The van der Waals surface area contributed by atoms with Crippen molar-refractivity contribution < 1.29 is 14.3 Å². The molecule has 0 saturated carbocycles. The smallest absolute Gasteiger partial charge is 0.234 e. The van der Waals surface area contributed by atoms with E-state index in [-0.39, 0.29) is 0 Å². The number of nitrogens with one attached hydrogen (secondary N) is 1. The lowest BCUT2D eigenvalue weighted by atomic mass is 10.1. The molecule has 3 N–H and O–H groups in total. The Morgan fingerprint density at radius 2 is 1.89 bits per heavy atom. The van der Waals surface area contributed by atoms with Crippen LogP contribution in [0.25, 0.3) is 0 Å². The van der Waals surface area contributed by atoms with Crippen LogP contribution in [0.2, 0.25) is 0 Å². The molecular formula is C13H20N2O3. The van der Waals surface area contributed by atoms with Gasteiger partial charge in [-0.3, -0.25) is 4.79 Å². The van der Waals surface area contributed by atoms with Gasteiger partial charge in [-0.25, -0.2) is 0 Å². The summed E-state index contributed by atoms with van der Waals surface area (Å²) in [5, 5.41) is 3.10. The lowest BCUT2D eigenvalue weighted by molar-refractivity contribution is -0.130. The van der Waals surface area contributed by atoms with Gasteiger partial charge in [-0.15, -0.1) is 0 Å². The first-order chi connectivity index (χ1) is 8.67. The fourth-order valence-corrected chi connectivity index (χ4v) is 1.62. The Bertz CT molecular complexity index is 353. The molecule has 0 saturated heterocycles. The zero-order valence-electron chi connectivity index (χ0n) is 10.8. The number of carbonyl (C=O) groups excluding carboxylic acids is 1. The zero-order chi connectivity index (χ0) is 13.4. The Balaban J connectivity index is 2.50. The van der Waals surface area contributed by atoms with E-state index in [9.17, 15) is 4.79 Å². The van der Waals surface area contributed by atoms with Gasteiger partial charge in [0.25, 0.3) is 0 Å². The average molecular weight is 252 g/mol. The molecule has 0 radical (unpaired) electrons. The number of methoxy groups -OCH3 is 2. The second kappa shape index (κ2) is 7.81. The van der Waals surface area contributed by atoms with Crippen molar-refractivity contribution in [1.29, 1.82) is 0 Å². The Morgan fingerprint density at radius 1 is 1.28 bits per heavy atom. The third-order valence-corrected chi connectivity index (χ3v) is 2.69. The molecule has 1 amide bonds. The molecule has 0 aliphatic heterocycles. The molecule has 0 aliphatic rings. The van der Waals surface area contributed by atoms with Gasteiger partial charge < -0.3 is 20.5 Å². The van der Waals surface area contributed by atoms with Gasteiger partial charge in [0.05, 0.1) is 6.04 Å². The van der Waals surface area contributed by atoms with Crippen molar-refractivity contribution in [2.24, 2.45) is 5.73 Å². The molecular weight excluding hydrogens is 232 g/mol. The van der Waals surface area contributed by atoms with Crippen LogP contribution in [-0.2, 0) is 20.8 Å². The second-order valence-corrected chi connectivity index (χ2v) is 3.96. The zero-order valence-corrected chi connectivity index (χ0v) is 10.8. The van der Waals surface area contributed by atoms with Crippen molar-refractivity contribution in [2.75, 3.05) is 14.2 Å². The van der Waals surface area contributed by atoms with Gasteiger partial charge in [-0.1, -0.05) is 30.3 Å². The lowest BCUT2D eigenvalue weighted by Crippen LogP contribution is -2.43. The van der Waals surface area contributed by atoms with E-state index >= 15 is 0 Å². The largest absolute Gasteiger partial charge is 0.368 e. The van der Waals surface area contributed by atoms with E-state index < -0.39 is 18.2 Å². The number of nitrogens with two attached hydrogens (primary N) is 1. The summed E-state index contributed by atoms with van der Waals surface area (Å²) in [6, 6.07) is 9.33. The van der Waals surface area contributed by atoms with Gasteiger partial charge in [0.1, 0.15) is 0 Å². The van der Waals surface area contributed by atoms with Crippen LogP contribution in [-0.4, -0.2) is 32.5 Å². The molecule has 0 aromatic heterocycles. The Hall–Kier alpha value is -1.43. The van der Waals surface area contributed by atoms with Crippen LogP contribution in [0, 0.1) is 0 Å². The van der Waals surface area contributed by atoms with E-state index in [0.717, 1.165) is 5.56 Å². The predicted octanol–water partition coefficient (Wildman–Crippen LogP) is 0.639. The molecule has 1 atom stereocenters. The lowest BCUT2D eigenvalue weighted by Gasteiger charge is -2.20. The molecule has 1 aromatic carbocycles. The fourth-order valence-electron chi connectivity index (χ4n) is 1.62. The molecule has 1 unspecified atom stereocenters. The third-order valence-electron chi connectivity index (χ3n) is 2.69. The molecule has 1 rings (SSSR count). The molecule has 0 bridgehead atoms. The topological polar surface area (TPSA) is 73.6 Å². The number of hydrogen-bond acceptors (Lipinski definition) is 4. The maximum Gasteiger partial charge on any atom is 0.234 e. The van der Waals surface area contributed by atoms with Gasteiger partial charge in [-0.05, 0) is 5.56 Å². The first-order valence-corrected chi connectivity index (χ1v) is 5.79. The molecule has 18 heavy (non-hydrogen) atoms. The van der Waals surface area contributed by atoms with Crippen molar-refractivity contribution in [2.45, 2.75) is 25.3 Å². The molecule has 100 valence electrons. The molecule has 0 spiro atoms. The summed E-state index contributed by atoms with van der Waals surface area (Å²) in [7, 11) is 3.06. The summed E-state index contributed by atoms with van der Waals surface area (Å²) in [5.41, 5.74) is 6.44. The van der Waals surface area contributed by atoms with Gasteiger partial charge in [0.2, 0.25) is 5.91 Å². The standard InChI is InChI=1S/C13H20N2O3/c1-17-12(18-2)8-11(13(14)16)15-9-10-6-4-3-5-7-10/h3-7,11-12,15H,8-9H2,1-2H3,(H2,14,16). The average Bonchev–Trinajstić information content (AvgIpc) is 2.40. The number of benzene rings is 1. The van der Waals surface area contributed by atoms with Crippen LogP contribution in [0.4, 0.5) is 0 Å². The fraction of sp³-hybridized carbons (Fsp3) is 0.462. The summed E-state index contributed by atoms with van der Waals surface area (Å²) in [5.74, 6) is -0.412. The summed E-state index contributed by atoms with van der Waals surface area (Å²) in [6.07, 6.45) is -0.0550. The summed E-state index contributed by atoms with van der Waals surface area (Å²) >= 11 is 0. The predicted molar refractivity (Wildman–Crippen MR) is 68.7 cm³/mol. The van der Waals surface area contributed by atoms with E-state index in [1.165, 1.54) is 14.2 Å². The Morgan fingerprint density at radius 3 is 2.39 bits per heavy atom. The molecule has 5 heteroatoms. The number of amides is 1. The van der Waals surface area contributed by atoms with E-state index in [4.69, 9.17) is 15.2 Å². The maximum atomic E-state index is 11.3. The van der Waals surface area contributed by atoms with E-state index in [2.05, 4.69) is 5.32 Å². The minimum atomic E-state index is -0.477. The first-order valence-electron chi connectivity index (χ1n) is 5.79. The Kier molecular flexibility index (Phi) is 6.35. The van der Waals surface area contributed by atoms with E-state index in [1.54, 1.807) is 0 Å². The Labute approximate surface area is 107 Å². The summed E-state index contributed by atoms with van der Waals surface area (Å²) < 4.78 is 10.1. The van der Waals surface area contributed by atoms with Crippen LogP contribution in [0.1, 0.15) is 12.0 Å². The molecule has 1 aromatic rings. The first kappa shape index (κ1) is 14.6. The summed E-state index contributed by atoms with van der Waals surface area (Å²) in [4.78, 5) is 11.3. The monoisotopic (exact) mass is 252 g/mol. The SMILES string of the molecule is COC(CC(NCc1ccccc1)C(N)=O)OC.